The fourth-order valence-corrected chi connectivity index (χ4v) is 1.34. The Balaban J connectivity index is 2.38. The van der Waals surface area contributed by atoms with Gasteiger partial charge in [0.1, 0.15) is 0 Å². The topological polar surface area (TPSA) is 9.23 Å². The molecule has 54 valence electrons. The van der Waals surface area contributed by atoms with Gasteiger partial charge in [-0.2, -0.15) is 0 Å². The van der Waals surface area contributed by atoms with Crippen molar-refractivity contribution in [2.45, 2.75) is 39.7 Å². The van der Waals surface area contributed by atoms with Crippen molar-refractivity contribution in [3.63, 3.8) is 0 Å². The first kappa shape index (κ1) is 7.07. The lowest BCUT2D eigenvalue weighted by Gasteiger charge is -2.12. The van der Waals surface area contributed by atoms with Gasteiger partial charge in [-0.3, -0.25) is 0 Å². The second-order valence-electron chi connectivity index (χ2n) is 3.71. The molecule has 0 aromatic rings. The van der Waals surface area contributed by atoms with Crippen LogP contribution in [0.1, 0.15) is 33.6 Å². The summed E-state index contributed by atoms with van der Waals surface area (Å²) in [6, 6.07) is 0. The van der Waals surface area contributed by atoms with Crippen LogP contribution in [0.3, 0.4) is 0 Å². The van der Waals surface area contributed by atoms with Crippen molar-refractivity contribution in [1.29, 1.82) is 0 Å². The number of ether oxygens (including phenoxy) is 1. The van der Waals surface area contributed by atoms with Gasteiger partial charge in [0.05, 0.1) is 12.7 Å². The smallest absolute Gasteiger partial charge is 0.0578 e. The highest BCUT2D eigenvalue weighted by Gasteiger charge is 2.30. The summed E-state index contributed by atoms with van der Waals surface area (Å²) in [6.07, 6.45) is 2.95. The first-order chi connectivity index (χ1) is 4.14. The van der Waals surface area contributed by atoms with Crippen LogP contribution in [-0.4, -0.2) is 12.7 Å². The average Bonchev–Trinajstić information content (AvgIpc) is 2.10. The third-order valence-electron chi connectivity index (χ3n) is 1.95. The van der Waals surface area contributed by atoms with Gasteiger partial charge in [0.25, 0.3) is 0 Å². The zero-order chi connectivity index (χ0) is 6.91. The van der Waals surface area contributed by atoms with E-state index in [4.69, 9.17) is 4.74 Å². The minimum atomic E-state index is 0.445. The average molecular weight is 128 g/mol. The molecule has 0 N–H and O–H groups in total. The van der Waals surface area contributed by atoms with E-state index in [0.717, 1.165) is 6.61 Å². The van der Waals surface area contributed by atoms with Crippen molar-refractivity contribution >= 4 is 0 Å². The van der Waals surface area contributed by atoms with Crippen LogP contribution in [0, 0.1) is 5.41 Å². The summed E-state index contributed by atoms with van der Waals surface area (Å²) in [7, 11) is 0. The molecule has 1 atom stereocenters. The van der Waals surface area contributed by atoms with E-state index in [1.807, 2.05) is 0 Å². The van der Waals surface area contributed by atoms with Gasteiger partial charge in [-0.05, 0) is 18.3 Å². The van der Waals surface area contributed by atoms with Crippen LogP contribution >= 0.6 is 0 Å². The van der Waals surface area contributed by atoms with E-state index in [1.165, 1.54) is 12.8 Å². The summed E-state index contributed by atoms with van der Waals surface area (Å²) in [5.74, 6) is 0. The highest BCUT2D eigenvalue weighted by atomic mass is 16.5. The lowest BCUT2D eigenvalue weighted by atomic mass is 9.90. The van der Waals surface area contributed by atoms with Crippen LogP contribution in [0.25, 0.3) is 0 Å². The van der Waals surface area contributed by atoms with Gasteiger partial charge >= 0.3 is 0 Å². The molecule has 1 heteroatoms. The third-order valence-corrected chi connectivity index (χ3v) is 1.95. The second kappa shape index (κ2) is 2.30. The van der Waals surface area contributed by atoms with Crippen LogP contribution in [0.5, 0.6) is 0 Å². The maximum atomic E-state index is 5.52. The van der Waals surface area contributed by atoms with E-state index >= 15 is 0 Å². The van der Waals surface area contributed by atoms with Gasteiger partial charge in [0.15, 0.2) is 0 Å². The molecule has 0 aliphatic carbocycles. The van der Waals surface area contributed by atoms with Crippen molar-refractivity contribution < 1.29 is 4.74 Å². The number of hydrogen-bond acceptors (Lipinski definition) is 1. The lowest BCUT2D eigenvalue weighted by molar-refractivity contribution is 0.0972. The quantitative estimate of drug-likeness (QED) is 0.526. The zero-order valence-electron chi connectivity index (χ0n) is 6.61. The summed E-state index contributed by atoms with van der Waals surface area (Å²) in [5, 5.41) is 0. The largest absolute Gasteiger partial charge is 0.378 e. The van der Waals surface area contributed by atoms with E-state index in [9.17, 15) is 0 Å². The van der Waals surface area contributed by atoms with Crippen molar-refractivity contribution in [3.05, 3.63) is 0 Å². The Kier molecular flexibility index (Phi) is 1.80. The molecule has 0 saturated carbocycles. The minimum absolute atomic E-state index is 0.445. The summed E-state index contributed by atoms with van der Waals surface area (Å²) in [4.78, 5) is 0. The van der Waals surface area contributed by atoms with E-state index in [-0.39, 0.29) is 0 Å². The summed E-state index contributed by atoms with van der Waals surface area (Å²) >= 11 is 0. The minimum Gasteiger partial charge on any atom is -0.378 e. The monoisotopic (exact) mass is 128 g/mol. The zero-order valence-corrected chi connectivity index (χ0v) is 6.61. The fraction of sp³-hybridized carbons (Fsp3) is 1.00. The normalized spacial score (nSPS) is 33.0. The standard InChI is InChI=1S/C8H16O/c1-4-7-5-8(2,3)6-9-7/h7H,4-6H2,1-3H3/t7-/m0/s1. The fourth-order valence-electron chi connectivity index (χ4n) is 1.34. The van der Waals surface area contributed by atoms with Crippen LogP contribution < -0.4 is 0 Å². The maximum absolute atomic E-state index is 5.52. The summed E-state index contributed by atoms with van der Waals surface area (Å²) in [5.41, 5.74) is 0.445. The Hall–Kier alpha value is -0.0400. The molecule has 1 saturated heterocycles. The molecule has 0 radical (unpaired) electrons. The van der Waals surface area contributed by atoms with Gasteiger partial charge in [0, 0.05) is 0 Å². The molecule has 1 rings (SSSR count). The molecule has 1 aliphatic heterocycles. The van der Waals surface area contributed by atoms with E-state index in [0.29, 0.717) is 11.5 Å². The number of hydrogen-bond donors (Lipinski definition) is 0. The first-order valence-electron chi connectivity index (χ1n) is 3.76. The Morgan fingerprint density at radius 3 is 2.44 bits per heavy atom. The molecular weight excluding hydrogens is 112 g/mol. The third kappa shape index (κ3) is 1.68. The van der Waals surface area contributed by atoms with Gasteiger partial charge < -0.3 is 4.74 Å². The molecule has 0 spiro atoms. The highest BCUT2D eigenvalue weighted by Crippen LogP contribution is 2.32. The van der Waals surface area contributed by atoms with Crippen molar-refractivity contribution in [2.24, 2.45) is 5.41 Å². The molecule has 0 amide bonds. The predicted molar refractivity (Wildman–Crippen MR) is 38.4 cm³/mol. The molecule has 1 aliphatic rings. The Morgan fingerprint density at radius 2 is 2.22 bits per heavy atom. The van der Waals surface area contributed by atoms with Crippen LogP contribution in [-0.2, 0) is 4.74 Å². The van der Waals surface area contributed by atoms with Gasteiger partial charge in [0.2, 0.25) is 0 Å². The molecule has 1 heterocycles. The molecular formula is C8H16O. The van der Waals surface area contributed by atoms with Gasteiger partial charge in [-0.25, -0.2) is 0 Å². The van der Waals surface area contributed by atoms with Crippen LogP contribution in [0.2, 0.25) is 0 Å². The molecule has 0 unspecified atom stereocenters. The molecule has 9 heavy (non-hydrogen) atoms. The van der Waals surface area contributed by atoms with Crippen molar-refractivity contribution in [3.8, 4) is 0 Å². The first-order valence-corrected chi connectivity index (χ1v) is 3.76. The Morgan fingerprint density at radius 1 is 1.56 bits per heavy atom. The summed E-state index contributed by atoms with van der Waals surface area (Å²) in [6.45, 7) is 7.67. The Labute approximate surface area is 57.4 Å². The van der Waals surface area contributed by atoms with Crippen LogP contribution in [0.4, 0.5) is 0 Å². The molecule has 0 aromatic heterocycles. The van der Waals surface area contributed by atoms with Crippen molar-refractivity contribution in [2.75, 3.05) is 6.61 Å². The second-order valence-corrected chi connectivity index (χ2v) is 3.71. The summed E-state index contributed by atoms with van der Waals surface area (Å²) < 4.78 is 5.52. The molecule has 1 nitrogen and oxygen atoms in total. The maximum Gasteiger partial charge on any atom is 0.0578 e. The highest BCUT2D eigenvalue weighted by molar-refractivity contribution is 4.79. The van der Waals surface area contributed by atoms with Gasteiger partial charge in [-0.15, -0.1) is 0 Å². The van der Waals surface area contributed by atoms with E-state index < -0.39 is 0 Å². The SMILES string of the molecule is CC[C@H]1CC(C)(C)CO1. The molecule has 0 aromatic carbocycles. The predicted octanol–water partition coefficient (Wildman–Crippen LogP) is 2.21. The van der Waals surface area contributed by atoms with E-state index in [2.05, 4.69) is 20.8 Å². The number of rotatable bonds is 1. The van der Waals surface area contributed by atoms with Crippen molar-refractivity contribution in [1.82, 2.24) is 0 Å². The van der Waals surface area contributed by atoms with Gasteiger partial charge in [-0.1, -0.05) is 20.8 Å². The Bertz CT molecular complexity index is 96.7. The molecule has 1 fully saturated rings. The molecule has 0 bridgehead atoms. The lowest BCUT2D eigenvalue weighted by Crippen LogP contribution is -2.09. The van der Waals surface area contributed by atoms with Crippen LogP contribution in [0.15, 0.2) is 0 Å². The van der Waals surface area contributed by atoms with E-state index in [1.54, 1.807) is 0 Å².